The number of aromatic nitrogens is 1. The monoisotopic (exact) mass is 566 g/mol. The molecule has 0 amide bonds. The molecule has 1 aromatic heterocycles. The molecule has 0 saturated heterocycles. The molecule has 0 bridgehead atoms. The zero-order valence-corrected chi connectivity index (χ0v) is 24.5. The summed E-state index contributed by atoms with van der Waals surface area (Å²) in [6, 6.07) is 20.8. The molecule has 0 saturated carbocycles. The molecule has 200 valence electrons. The van der Waals surface area contributed by atoms with Crippen LogP contribution in [-0.2, 0) is 29.6 Å². The predicted octanol–water partition coefficient (Wildman–Crippen LogP) is 9.71. The fourth-order valence-electron chi connectivity index (χ4n) is 5.76. The van der Waals surface area contributed by atoms with Crippen LogP contribution >= 0.6 is 35.0 Å². The molecule has 0 radical (unpaired) electrons. The maximum absolute atomic E-state index is 6.39. The van der Waals surface area contributed by atoms with Gasteiger partial charge in [0.05, 0.1) is 28.0 Å². The minimum atomic E-state index is -0.196. The first-order valence-electron chi connectivity index (χ1n) is 13.6. The maximum Gasteiger partial charge on any atom is 0.117 e. The van der Waals surface area contributed by atoms with Crippen molar-refractivity contribution in [2.45, 2.75) is 57.5 Å². The van der Waals surface area contributed by atoms with Crippen molar-refractivity contribution in [1.29, 1.82) is 0 Å². The molecule has 0 aliphatic carbocycles. The lowest BCUT2D eigenvalue weighted by Gasteiger charge is -2.36. The van der Waals surface area contributed by atoms with E-state index in [1.807, 2.05) is 36.0 Å². The number of unbranched alkanes of at least 4 members (excludes halogenated alkanes) is 2. The topological polar surface area (TPSA) is 37.0 Å². The predicted molar refractivity (Wildman–Crippen MR) is 166 cm³/mol. The zero-order chi connectivity index (χ0) is 26.5. The molecule has 1 aliphatic heterocycles. The summed E-state index contributed by atoms with van der Waals surface area (Å²) < 4.78 is 6.39. The normalized spacial score (nSPS) is 17.1. The number of anilines is 2. The van der Waals surface area contributed by atoms with Crippen molar-refractivity contribution in [3.05, 3.63) is 93.1 Å². The summed E-state index contributed by atoms with van der Waals surface area (Å²) in [5.74, 6) is 0.984. The Morgan fingerprint density at radius 1 is 0.921 bits per heavy atom. The van der Waals surface area contributed by atoms with Gasteiger partial charge in [-0.2, -0.15) is 11.8 Å². The molecule has 0 spiro atoms. The fourth-order valence-corrected chi connectivity index (χ4v) is 7.15. The lowest BCUT2D eigenvalue weighted by atomic mass is 9.90. The van der Waals surface area contributed by atoms with Crippen LogP contribution in [0.15, 0.2) is 60.7 Å². The number of benzene rings is 3. The number of aryl methyl sites for hydroxylation is 2. The smallest absolute Gasteiger partial charge is 0.117 e. The van der Waals surface area contributed by atoms with Crippen LogP contribution in [0.1, 0.15) is 55.0 Å². The minimum absolute atomic E-state index is 0.196. The lowest BCUT2D eigenvalue weighted by molar-refractivity contribution is -0.0473. The van der Waals surface area contributed by atoms with Gasteiger partial charge in [0.25, 0.3) is 0 Å². The number of H-pyrrole nitrogens is 1. The van der Waals surface area contributed by atoms with Crippen LogP contribution < -0.4 is 5.32 Å². The molecule has 1 aliphatic rings. The van der Waals surface area contributed by atoms with Crippen LogP contribution in [-0.4, -0.2) is 23.6 Å². The highest BCUT2D eigenvalue weighted by Gasteiger charge is 2.38. The van der Waals surface area contributed by atoms with Gasteiger partial charge in [0.15, 0.2) is 0 Å². The second kappa shape index (κ2) is 12.4. The van der Waals surface area contributed by atoms with Crippen LogP contribution in [0.25, 0.3) is 10.9 Å². The van der Waals surface area contributed by atoms with Gasteiger partial charge in [-0.3, -0.25) is 0 Å². The van der Waals surface area contributed by atoms with Gasteiger partial charge in [0.2, 0.25) is 0 Å². The Kier molecular flexibility index (Phi) is 8.95. The first-order chi connectivity index (χ1) is 18.6. The number of hydrogen-bond acceptors (Lipinski definition) is 3. The summed E-state index contributed by atoms with van der Waals surface area (Å²) in [6.07, 6.45) is 9.70. The highest BCUT2D eigenvalue weighted by Crippen LogP contribution is 2.41. The Morgan fingerprint density at radius 2 is 1.63 bits per heavy atom. The largest absolute Gasteiger partial charge is 0.368 e. The molecule has 2 N–H and O–H groups in total. The van der Waals surface area contributed by atoms with E-state index in [0.29, 0.717) is 10.0 Å². The van der Waals surface area contributed by atoms with Gasteiger partial charge in [-0.05, 0) is 79.7 Å². The summed E-state index contributed by atoms with van der Waals surface area (Å²) in [6.45, 7) is 3.05. The van der Waals surface area contributed by atoms with Crippen molar-refractivity contribution < 1.29 is 4.74 Å². The fraction of sp³-hybridized carbons (Fsp3) is 0.375. The summed E-state index contributed by atoms with van der Waals surface area (Å²) in [7, 11) is 0. The summed E-state index contributed by atoms with van der Waals surface area (Å²) in [4.78, 5) is 3.85. The maximum atomic E-state index is 6.39. The highest BCUT2D eigenvalue weighted by atomic mass is 35.5. The molecule has 0 fully saturated rings. The molecule has 5 rings (SSSR count). The second-order valence-electron chi connectivity index (χ2n) is 10.1. The molecule has 6 heteroatoms. The molecule has 1 unspecified atom stereocenters. The lowest BCUT2D eigenvalue weighted by Crippen LogP contribution is -2.37. The van der Waals surface area contributed by atoms with Crippen molar-refractivity contribution in [2.75, 3.05) is 23.9 Å². The Hall–Kier alpha value is -2.11. The average Bonchev–Trinajstić information content (AvgIpc) is 3.32. The number of para-hydroxylation sites is 3. The van der Waals surface area contributed by atoms with Crippen LogP contribution in [0.4, 0.5) is 11.4 Å². The molecule has 4 aromatic rings. The summed E-state index contributed by atoms with van der Waals surface area (Å²) in [5.41, 5.74) is 8.43. The van der Waals surface area contributed by atoms with Gasteiger partial charge in [0, 0.05) is 22.3 Å². The second-order valence-corrected chi connectivity index (χ2v) is 11.8. The van der Waals surface area contributed by atoms with Crippen molar-refractivity contribution in [1.82, 2.24) is 4.98 Å². The van der Waals surface area contributed by atoms with E-state index in [-0.39, 0.29) is 5.60 Å². The van der Waals surface area contributed by atoms with Gasteiger partial charge >= 0.3 is 0 Å². The molecule has 1 atom stereocenters. The van der Waals surface area contributed by atoms with Gasteiger partial charge < -0.3 is 15.0 Å². The third kappa shape index (κ3) is 5.60. The van der Waals surface area contributed by atoms with E-state index in [1.165, 1.54) is 39.7 Å². The number of thioether (sulfide) groups is 1. The van der Waals surface area contributed by atoms with E-state index in [9.17, 15) is 0 Å². The first kappa shape index (κ1) is 27.5. The van der Waals surface area contributed by atoms with Crippen LogP contribution in [0.3, 0.4) is 0 Å². The van der Waals surface area contributed by atoms with Gasteiger partial charge in [-0.1, -0.05) is 79.0 Å². The number of rotatable bonds is 11. The third-order valence-electron chi connectivity index (χ3n) is 7.79. The summed E-state index contributed by atoms with van der Waals surface area (Å²) in [5, 5.41) is 6.10. The molecule has 38 heavy (non-hydrogen) atoms. The van der Waals surface area contributed by atoms with Gasteiger partial charge in [-0.15, -0.1) is 0 Å². The molecule has 3 nitrogen and oxygen atoms in total. The van der Waals surface area contributed by atoms with E-state index in [2.05, 4.69) is 59.9 Å². The minimum Gasteiger partial charge on any atom is -0.368 e. The van der Waals surface area contributed by atoms with E-state index < -0.39 is 0 Å². The Balaban J connectivity index is 1.24. The molecular weight excluding hydrogens is 531 g/mol. The van der Waals surface area contributed by atoms with E-state index in [4.69, 9.17) is 27.9 Å². The van der Waals surface area contributed by atoms with Gasteiger partial charge in [0.1, 0.15) is 5.60 Å². The van der Waals surface area contributed by atoms with E-state index in [0.717, 1.165) is 62.3 Å². The average molecular weight is 568 g/mol. The Morgan fingerprint density at radius 3 is 2.39 bits per heavy atom. The number of fused-ring (bicyclic) bond motifs is 3. The summed E-state index contributed by atoms with van der Waals surface area (Å²) >= 11 is 14.7. The Bertz CT molecular complexity index is 1380. The SMILES string of the molecule is CCC1(CSC)OCCc2c1[nH]c1c(CCCCCc3ccccc3Nc3c(Cl)cccc3Cl)cccc21. The van der Waals surface area contributed by atoms with Crippen LogP contribution in [0.5, 0.6) is 0 Å². The Labute approximate surface area is 240 Å². The number of ether oxygens (including phenoxy) is 1. The number of halogens is 2. The van der Waals surface area contributed by atoms with Crippen molar-refractivity contribution >= 4 is 57.2 Å². The van der Waals surface area contributed by atoms with Crippen LogP contribution in [0, 0.1) is 0 Å². The highest BCUT2D eigenvalue weighted by molar-refractivity contribution is 7.98. The van der Waals surface area contributed by atoms with E-state index >= 15 is 0 Å². The van der Waals surface area contributed by atoms with Crippen LogP contribution in [0.2, 0.25) is 10.0 Å². The van der Waals surface area contributed by atoms with Crippen molar-refractivity contribution in [3.8, 4) is 0 Å². The number of hydrogen-bond donors (Lipinski definition) is 2. The number of aromatic amines is 1. The molecule has 2 heterocycles. The van der Waals surface area contributed by atoms with Gasteiger partial charge in [-0.25, -0.2) is 0 Å². The molecular formula is C32H36Cl2N2OS. The first-order valence-corrected chi connectivity index (χ1v) is 15.8. The van der Waals surface area contributed by atoms with E-state index in [1.54, 1.807) is 0 Å². The van der Waals surface area contributed by atoms with Crippen molar-refractivity contribution in [2.24, 2.45) is 0 Å². The standard InChI is InChI=1S/C32H36Cl2N2OS/c1-3-32(21-38-2)31-25(19-20-37-32)24-15-9-14-23(29(24)36-31)13-6-4-5-11-22-12-7-8-18-28(22)35-30-26(33)16-10-17-27(30)34/h7-10,12,14-18,35-36H,3-6,11,13,19-21H2,1-2H3. The molecule has 3 aromatic carbocycles. The quantitative estimate of drug-likeness (QED) is 0.177. The zero-order valence-electron chi connectivity index (χ0n) is 22.2. The van der Waals surface area contributed by atoms with Crippen molar-refractivity contribution in [3.63, 3.8) is 0 Å². The number of nitrogens with one attached hydrogen (secondary N) is 2. The third-order valence-corrected chi connectivity index (χ3v) is 9.18.